The van der Waals surface area contributed by atoms with Crippen molar-refractivity contribution in [3.8, 4) is 5.75 Å². The molecule has 1 fully saturated rings. The van der Waals surface area contributed by atoms with Gasteiger partial charge in [0.1, 0.15) is 5.75 Å². The van der Waals surface area contributed by atoms with Crippen molar-refractivity contribution >= 4 is 5.97 Å². The van der Waals surface area contributed by atoms with Gasteiger partial charge in [-0.2, -0.15) is 0 Å². The summed E-state index contributed by atoms with van der Waals surface area (Å²) in [6.45, 7) is 3.02. The van der Waals surface area contributed by atoms with Gasteiger partial charge in [-0.05, 0) is 43.0 Å². The van der Waals surface area contributed by atoms with Gasteiger partial charge in [-0.25, -0.2) is 0 Å². The van der Waals surface area contributed by atoms with Crippen molar-refractivity contribution < 1.29 is 14.6 Å². The molecule has 0 aliphatic carbocycles. The molecular weight excluding hydrogens is 242 g/mol. The number of aliphatic carboxylic acids is 1. The van der Waals surface area contributed by atoms with Crippen LogP contribution in [-0.2, 0) is 11.3 Å². The van der Waals surface area contributed by atoms with Crippen molar-refractivity contribution in [1.29, 1.82) is 0 Å². The van der Waals surface area contributed by atoms with Crippen LogP contribution in [-0.4, -0.2) is 36.2 Å². The van der Waals surface area contributed by atoms with Crippen LogP contribution < -0.4 is 4.74 Å². The third-order valence-corrected chi connectivity index (χ3v) is 3.70. The Morgan fingerprint density at radius 1 is 1.42 bits per heavy atom. The Balaban J connectivity index is 1.79. The molecule has 19 heavy (non-hydrogen) atoms. The molecule has 1 N–H and O–H groups in total. The molecule has 1 aromatic rings. The fourth-order valence-electron chi connectivity index (χ4n) is 2.61. The van der Waals surface area contributed by atoms with Crippen LogP contribution in [0.25, 0.3) is 0 Å². The van der Waals surface area contributed by atoms with E-state index in [2.05, 4.69) is 17.0 Å². The maximum atomic E-state index is 10.6. The highest BCUT2D eigenvalue weighted by atomic mass is 16.5. The number of carbonyl (C=O) groups is 1. The van der Waals surface area contributed by atoms with Crippen LogP contribution in [0.4, 0.5) is 0 Å². The third kappa shape index (κ3) is 4.24. The number of carboxylic acids is 1. The Bertz CT molecular complexity index is 416. The minimum atomic E-state index is -0.686. The Morgan fingerprint density at radius 2 is 2.16 bits per heavy atom. The maximum Gasteiger partial charge on any atom is 0.303 e. The Hall–Kier alpha value is -1.55. The second-order valence-corrected chi connectivity index (χ2v) is 5.17. The summed E-state index contributed by atoms with van der Waals surface area (Å²) in [5.41, 5.74) is 1.28. The lowest BCUT2D eigenvalue weighted by atomic mass is 10.0. The fourth-order valence-corrected chi connectivity index (χ4v) is 2.61. The Labute approximate surface area is 114 Å². The van der Waals surface area contributed by atoms with Crippen LogP contribution in [0.2, 0.25) is 0 Å². The van der Waals surface area contributed by atoms with Gasteiger partial charge >= 0.3 is 5.97 Å². The quantitative estimate of drug-likeness (QED) is 0.856. The van der Waals surface area contributed by atoms with Crippen LogP contribution in [0, 0.1) is 5.92 Å². The molecule has 4 heteroatoms. The van der Waals surface area contributed by atoms with Crippen molar-refractivity contribution in [2.24, 2.45) is 5.92 Å². The SMILES string of the molecule is COc1ccc(CN2CCC(CCC(=O)O)C2)cc1. The predicted molar refractivity (Wildman–Crippen MR) is 73.2 cm³/mol. The lowest BCUT2D eigenvalue weighted by molar-refractivity contribution is -0.137. The first-order valence-electron chi connectivity index (χ1n) is 6.74. The van der Waals surface area contributed by atoms with E-state index < -0.39 is 5.97 Å². The summed E-state index contributed by atoms with van der Waals surface area (Å²) < 4.78 is 5.14. The molecule has 4 nitrogen and oxygen atoms in total. The first-order valence-corrected chi connectivity index (χ1v) is 6.74. The van der Waals surface area contributed by atoms with E-state index in [0.29, 0.717) is 12.3 Å². The molecule has 1 saturated heterocycles. The second-order valence-electron chi connectivity index (χ2n) is 5.17. The van der Waals surface area contributed by atoms with Crippen LogP contribution in [0.1, 0.15) is 24.8 Å². The van der Waals surface area contributed by atoms with Gasteiger partial charge in [0.15, 0.2) is 0 Å². The average Bonchev–Trinajstić information content (AvgIpc) is 2.85. The number of benzene rings is 1. The van der Waals surface area contributed by atoms with Gasteiger partial charge in [0.05, 0.1) is 7.11 Å². The van der Waals surface area contributed by atoms with Gasteiger partial charge in [0.25, 0.3) is 0 Å². The Morgan fingerprint density at radius 3 is 2.79 bits per heavy atom. The van der Waals surface area contributed by atoms with Crippen LogP contribution in [0.3, 0.4) is 0 Å². The predicted octanol–water partition coefficient (Wildman–Crippen LogP) is 2.38. The number of hydrogen-bond acceptors (Lipinski definition) is 3. The molecule has 0 saturated carbocycles. The number of nitrogens with zero attached hydrogens (tertiary/aromatic N) is 1. The first kappa shape index (κ1) is 13.9. The highest BCUT2D eigenvalue weighted by Crippen LogP contribution is 2.23. The first-order chi connectivity index (χ1) is 9.17. The highest BCUT2D eigenvalue weighted by Gasteiger charge is 2.22. The van der Waals surface area contributed by atoms with Crippen molar-refractivity contribution in [1.82, 2.24) is 4.90 Å². The monoisotopic (exact) mass is 263 g/mol. The van der Waals surface area contributed by atoms with Crippen LogP contribution in [0.15, 0.2) is 24.3 Å². The zero-order chi connectivity index (χ0) is 13.7. The second kappa shape index (κ2) is 6.57. The molecule has 1 unspecified atom stereocenters. The maximum absolute atomic E-state index is 10.6. The lowest BCUT2D eigenvalue weighted by Crippen LogP contribution is -2.20. The molecule has 1 aliphatic heterocycles. The number of ether oxygens (including phenoxy) is 1. The van der Waals surface area contributed by atoms with Crippen LogP contribution in [0.5, 0.6) is 5.75 Å². The molecule has 1 aromatic carbocycles. The van der Waals surface area contributed by atoms with E-state index in [1.807, 2.05) is 12.1 Å². The zero-order valence-electron chi connectivity index (χ0n) is 11.3. The third-order valence-electron chi connectivity index (χ3n) is 3.70. The molecule has 0 aromatic heterocycles. The minimum absolute atomic E-state index is 0.293. The van der Waals surface area contributed by atoms with E-state index in [1.165, 1.54) is 5.56 Å². The van der Waals surface area contributed by atoms with Crippen LogP contribution >= 0.6 is 0 Å². The van der Waals surface area contributed by atoms with Gasteiger partial charge in [0, 0.05) is 19.5 Å². The molecule has 2 rings (SSSR count). The number of rotatable bonds is 6. The van der Waals surface area contributed by atoms with Gasteiger partial charge in [-0.3, -0.25) is 9.69 Å². The largest absolute Gasteiger partial charge is 0.497 e. The molecule has 1 heterocycles. The van der Waals surface area contributed by atoms with Gasteiger partial charge in [0.2, 0.25) is 0 Å². The number of likely N-dealkylation sites (tertiary alicyclic amines) is 1. The molecule has 0 amide bonds. The Kier molecular flexibility index (Phi) is 4.80. The molecule has 1 aliphatic rings. The van der Waals surface area contributed by atoms with E-state index in [1.54, 1.807) is 7.11 Å². The summed E-state index contributed by atoms with van der Waals surface area (Å²) >= 11 is 0. The van der Waals surface area contributed by atoms with Crippen molar-refractivity contribution in [3.05, 3.63) is 29.8 Å². The molecule has 0 spiro atoms. The van der Waals surface area contributed by atoms with E-state index >= 15 is 0 Å². The lowest BCUT2D eigenvalue weighted by Gasteiger charge is -2.16. The smallest absolute Gasteiger partial charge is 0.303 e. The van der Waals surface area contributed by atoms with E-state index in [9.17, 15) is 4.79 Å². The standard InChI is InChI=1S/C15H21NO3/c1-19-14-5-2-12(3-6-14)10-16-9-8-13(11-16)4-7-15(17)18/h2-3,5-6,13H,4,7-11H2,1H3,(H,17,18). The van der Waals surface area contributed by atoms with Gasteiger partial charge in [-0.15, -0.1) is 0 Å². The molecule has 0 bridgehead atoms. The van der Waals surface area contributed by atoms with Crippen molar-refractivity contribution in [2.45, 2.75) is 25.8 Å². The average molecular weight is 263 g/mol. The fraction of sp³-hybridized carbons (Fsp3) is 0.533. The topological polar surface area (TPSA) is 49.8 Å². The summed E-state index contributed by atoms with van der Waals surface area (Å²) in [6.07, 6.45) is 2.21. The zero-order valence-corrected chi connectivity index (χ0v) is 11.3. The molecular formula is C15H21NO3. The summed E-state index contributed by atoms with van der Waals surface area (Å²) in [6, 6.07) is 8.13. The number of carboxylic acid groups (broad SMARTS) is 1. The normalized spacial score (nSPS) is 19.5. The molecule has 1 atom stereocenters. The number of hydrogen-bond donors (Lipinski definition) is 1. The number of methoxy groups -OCH3 is 1. The highest BCUT2D eigenvalue weighted by molar-refractivity contribution is 5.66. The van der Waals surface area contributed by atoms with Gasteiger partial charge < -0.3 is 9.84 Å². The molecule has 0 radical (unpaired) electrons. The van der Waals surface area contributed by atoms with E-state index in [4.69, 9.17) is 9.84 Å². The summed E-state index contributed by atoms with van der Waals surface area (Å²) in [7, 11) is 1.67. The van der Waals surface area contributed by atoms with Crippen molar-refractivity contribution in [2.75, 3.05) is 20.2 Å². The van der Waals surface area contributed by atoms with E-state index in [0.717, 1.165) is 38.2 Å². The summed E-state index contributed by atoms with van der Waals surface area (Å²) in [5, 5.41) is 8.70. The summed E-state index contributed by atoms with van der Waals surface area (Å²) in [4.78, 5) is 13.0. The molecule has 104 valence electrons. The summed E-state index contributed by atoms with van der Waals surface area (Å²) in [5.74, 6) is 0.729. The van der Waals surface area contributed by atoms with Gasteiger partial charge in [-0.1, -0.05) is 12.1 Å². The minimum Gasteiger partial charge on any atom is -0.497 e. The van der Waals surface area contributed by atoms with Crippen molar-refractivity contribution in [3.63, 3.8) is 0 Å². The van der Waals surface area contributed by atoms with E-state index in [-0.39, 0.29) is 0 Å².